The topological polar surface area (TPSA) is 38.5 Å². The molecule has 0 spiro atoms. The van der Waals surface area contributed by atoms with Gasteiger partial charge in [-0.25, -0.2) is 0 Å². The average molecular weight is 280 g/mol. The Morgan fingerprint density at radius 1 is 1.42 bits per heavy atom. The van der Waals surface area contributed by atoms with E-state index in [9.17, 15) is 0 Å². The summed E-state index contributed by atoms with van der Waals surface area (Å²) in [4.78, 5) is 8.34. The van der Waals surface area contributed by atoms with Gasteiger partial charge in [-0.3, -0.25) is 0 Å². The molecular weight excluding hydrogens is 256 g/mol. The van der Waals surface area contributed by atoms with Crippen LogP contribution in [-0.4, -0.2) is 11.1 Å². The Bertz CT molecular complexity index is 441. The number of rotatable bonds is 6. The number of hydrogen-bond acceptors (Lipinski definition) is 4. The lowest BCUT2D eigenvalue weighted by molar-refractivity contribution is -0.149. The van der Waals surface area contributed by atoms with E-state index in [-0.39, 0.29) is 6.04 Å². The zero-order valence-electron chi connectivity index (χ0n) is 12.1. The van der Waals surface area contributed by atoms with Gasteiger partial charge in [0.25, 0.3) is 0 Å². The molecule has 2 unspecified atom stereocenters. The smallest absolute Gasteiger partial charge is 0.207 e. The van der Waals surface area contributed by atoms with Crippen molar-refractivity contribution in [3.05, 3.63) is 33.8 Å². The lowest BCUT2D eigenvalue weighted by atomic mass is 10.1. The predicted molar refractivity (Wildman–Crippen MR) is 80.6 cm³/mol. The molecule has 2 atom stereocenters. The second kappa shape index (κ2) is 6.44. The SMILES string of the molecule is CCCCCC(C)N1OC(N)=CC1c1ccc(C)s1. The number of hydrogen-bond donors (Lipinski definition) is 1. The highest BCUT2D eigenvalue weighted by molar-refractivity contribution is 7.12. The van der Waals surface area contributed by atoms with Gasteiger partial charge in [0.05, 0.1) is 0 Å². The summed E-state index contributed by atoms with van der Waals surface area (Å²) in [6.07, 6.45) is 6.94. The Balaban J connectivity index is 2.03. The van der Waals surface area contributed by atoms with E-state index in [1.54, 1.807) is 0 Å². The quantitative estimate of drug-likeness (QED) is 0.797. The molecule has 0 fully saturated rings. The van der Waals surface area contributed by atoms with E-state index < -0.39 is 0 Å². The van der Waals surface area contributed by atoms with Gasteiger partial charge in [0.1, 0.15) is 6.04 Å². The zero-order valence-corrected chi connectivity index (χ0v) is 12.9. The minimum Gasteiger partial charge on any atom is -0.387 e. The highest BCUT2D eigenvalue weighted by Gasteiger charge is 2.31. The largest absolute Gasteiger partial charge is 0.387 e. The first kappa shape index (κ1) is 14.4. The monoisotopic (exact) mass is 280 g/mol. The number of hydroxylamine groups is 2. The summed E-state index contributed by atoms with van der Waals surface area (Å²) in [7, 11) is 0. The maximum atomic E-state index is 5.85. The summed E-state index contributed by atoms with van der Waals surface area (Å²) in [5, 5.41) is 2.05. The van der Waals surface area contributed by atoms with Gasteiger partial charge in [0.15, 0.2) is 0 Å². The Morgan fingerprint density at radius 3 is 2.84 bits per heavy atom. The van der Waals surface area contributed by atoms with Crippen molar-refractivity contribution < 1.29 is 4.84 Å². The summed E-state index contributed by atoms with van der Waals surface area (Å²) in [6.45, 7) is 6.58. The van der Waals surface area contributed by atoms with Crippen LogP contribution in [0.4, 0.5) is 0 Å². The number of unbranched alkanes of at least 4 members (excludes halogenated alkanes) is 2. The van der Waals surface area contributed by atoms with Crippen LogP contribution < -0.4 is 5.73 Å². The Morgan fingerprint density at radius 2 is 2.21 bits per heavy atom. The van der Waals surface area contributed by atoms with E-state index in [0.29, 0.717) is 11.9 Å². The molecule has 0 saturated carbocycles. The molecule has 1 aliphatic heterocycles. The summed E-state index contributed by atoms with van der Waals surface area (Å²) < 4.78 is 0. The van der Waals surface area contributed by atoms with Crippen molar-refractivity contribution in [2.75, 3.05) is 0 Å². The molecule has 0 aliphatic carbocycles. The molecule has 3 nitrogen and oxygen atoms in total. The van der Waals surface area contributed by atoms with Crippen LogP contribution in [0.5, 0.6) is 0 Å². The number of nitrogens with two attached hydrogens (primary N) is 1. The van der Waals surface area contributed by atoms with Crippen molar-refractivity contribution in [2.24, 2.45) is 5.73 Å². The highest BCUT2D eigenvalue weighted by Crippen LogP contribution is 2.36. The standard InChI is InChI=1S/C15H24N2OS/c1-4-5-6-7-11(2)17-13(10-15(16)18-17)14-9-8-12(3)19-14/h8-11,13H,4-7,16H2,1-3H3. The van der Waals surface area contributed by atoms with Crippen LogP contribution in [0.25, 0.3) is 0 Å². The third-order valence-electron chi connectivity index (χ3n) is 3.52. The Hall–Kier alpha value is -1.00. The Kier molecular flexibility index (Phi) is 4.88. The van der Waals surface area contributed by atoms with E-state index in [4.69, 9.17) is 10.6 Å². The van der Waals surface area contributed by atoms with Crippen LogP contribution in [-0.2, 0) is 4.84 Å². The molecular formula is C15H24N2OS. The van der Waals surface area contributed by atoms with Gasteiger partial charge < -0.3 is 10.6 Å². The van der Waals surface area contributed by atoms with Crippen LogP contribution in [0.2, 0.25) is 0 Å². The number of thiophene rings is 1. The molecule has 0 saturated heterocycles. The van der Waals surface area contributed by atoms with Crippen molar-refractivity contribution in [1.82, 2.24) is 5.06 Å². The van der Waals surface area contributed by atoms with Crippen LogP contribution in [0.1, 0.15) is 55.3 Å². The van der Waals surface area contributed by atoms with Crippen molar-refractivity contribution >= 4 is 11.3 Å². The lowest BCUT2D eigenvalue weighted by Crippen LogP contribution is -2.32. The van der Waals surface area contributed by atoms with Gasteiger partial charge in [0.2, 0.25) is 5.88 Å². The van der Waals surface area contributed by atoms with E-state index in [1.807, 2.05) is 17.4 Å². The molecule has 0 aromatic carbocycles. The maximum Gasteiger partial charge on any atom is 0.207 e. The lowest BCUT2D eigenvalue weighted by Gasteiger charge is -2.28. The second-order valence-electron chi connectivity index (χ2n) is 5.26. The molecule has 0 radical (unpaired) electrons. The summed E-state index contributed by atoms with van der Waals surface area (Å²) >= 11 is 1.81. The van der Waals surface area contributed by atoms with Crippen LogP contribution in [0.15, 0.2) is 24.1 Å². The maximum absolute atomic E-state index is 5.85. The molecule has 2 N–H and O–H groups in total. The summed E-state index contributed by atoms with van der Waals surface area (Å²) in [5.74, 6) is 0.526. The van der Waals surface area contributed by atoms with E-state index in [1.165, 1.54) is 29.0 Å². The number of aryl methyl sites for hydroxylation is 1. The predicted octanol–water partition coefficient (Wildman–Crippen LogP) is 4.11. The fourth-order valence-corrected chi connectivity index (χ4v) is 3.38. The fraction of sp³-hybridized carbons (Fsp3) is 0.600. The molecule has 106 valence electrons. The molecule has 19 heavy (non-hydrogen) atoms. The first-order chi connectivity index (χ1) is 9.11. The van der Waals surface area contributed by atoms with Gasteiger partial charge in [-0.05, 0) is 32.4 Å². The minimum absolute atomic E-state index is 0.176. The normalized spacial score (nSPS) is 21.2. The van der Waals surface area contributed by atoms with E-state index in [2.05, 4.69) is 38.0 Å². The van der Waals surface area contributed by atoms with Gasteiger partial charge >= 0.3 is 0 Å². The van der Waals surface area contributed by atoms with E-state index in [0.717, 1.165) is 6.42 Å². The minimum atomic E-state index is 0.176. The van der Waals surface area contributed by atoms with Crippen molar-refractivity contribution in [2.45, 2.75) is 58.5 Å². The molecule has 1 aliphatic rings. The van der Waals surface area contributed by atoms with Gasteiger partial charge in [0, 0.05) is 21.9 Å². The highest BCUT2D eigenvalue weighted by atomic mass is 32.1. The van der Waals surface area contributed by atoms with Crippen LogP contribution >= 0.6 is 11.3 Å². The van der Waals surface area contributed by atoms with Crippen LogP contribution in [0.3, 0.4) is 0 Å². The zero-order chi connectivity index (χ0) is 13.8. The average Bonchev–Trinajstić information content (AvgIpc) is 2.95. The third-order valence-corrected chi connectivity index (χ3v) is 4.59. The Labute approximate surface area is 120 Å². The molecule has 2 rings (SSSR count). The van der Waals surface area contributed by atoms with Crippen molar-refractivity contribution in [3.63, 3.8) is 0 Å². The molecule has 2 heterocycles. The second-order valence-corrected chi connectivity index (χ2v) is 6.58. The van der Waals surface area contributed by atoms with Crippen molar-refractivity contribution in [1.29, 1.82) is 0 Å². The fourth-order valence-electron chi connectivity index (χ4n) is 2.44. The molecule has 0 bridgehead atoms. The summed E-state index contributed by atoms with van der Waals surface area (Å²) in [5.41, 5.74) is 5.85. The third kappa shape index (κ3) is 3.51. The van der Waals surface area contributed by atoms with Gasteiger partial charge in [-0.2, -0.15) is 0 Å². The van der Waals surface area contributed by atoms with Crippen molar-refractivity contribution in [3.8, 4) is 0 Å². The molecule has 4 heteroatoms. The number of nitrogens with zero attached hydrogens (tertiary/aromatic N) is 1. The first-order valence-electron chi connectivity index (χ1n) is 7.11. The first-order valence-corrected chi connectivity index (χ1v) is 7.93. The van der Waals surface area contributed by atoms with Crippen LogP contribution in [0, 0.1) is 6.92 Å². The van der Waals surface area contributed by atoms with E-state index >= 15 is 0 Å². The molecule has 0 amide bonds. The molecule has 1 aromatic rings. The van der Waals surface area contributed by atoms with Gasteiger partial charge in [-0.15, -0.1) is 16.4 Å². The molecule has 1 aromatic heterocycles. The van der Waals surface area contributed by atoms with Gasteiger partial charge in [-0.1, -0.05) is 26.2 Å². The summed E-state index contributed by atoms with van der Waals surface area (Å²) in [6, 6.07) is 4.89.